The van der Waals surface area contributed by atoms with E-state index in [0.29, 0.717) is 6.04 Å². The molecule has 0 aliphatic carbocycles. The summed E-state index contributed by atoms with van der Waals surface area (Å²) in [6.45, 7) is 7.63. The molecule has 1 fully saturated rings. The molecule has 2 aromatic heterocycles. The van der Waals surface area contributed by atoms with Crippen LogP contribution < -0.4 is 15.5 Å². The molecule has 3 rings (SSSR count). The zero-order chi connectivity index (χ0) is 15.6. The molecule has 1 saturated heterocycles. The quantitative estimate of drug-likeness (QED) is 0.892. The maximum atomic E-state index is 4.35. The molecule has 0 saturated carbocycles. The van der Waals surface area contributed by atoms with E-state index in [2.05, 4.69) is 30.5 Å². The number of aromatic nitrogens is 3. The monoisotopic (exact) mass is 336 g/mol. The summed E-state index contributed by atoms with van der Waals surface area (Å²) in [5.41, 5.74) is 1.03. The fourth-order valence-corrected chi connectivity index (χ4v) is 2.35. The normalized spacial score (nSPS) is 16.6. The molecule has 126 valence electrons. The van der Waals surface area contributed by atoms with Gasteiger partial charge in [0.05, 0.1) is 11.7 Å². The van der Waals surface area contributed by atoms with Crippen molar-refractivity contribution in [3.8, 4) is 0 Å². The van der Waals surface area contributed by atoms with Crippen LogP contribution in [0.5, 0.6) is 0 Å². The van der Waals surface area contributed by atoms with Crippen LogP contribution in [0.3, 0.4) is 0 Å². The Hall–Kier alpha value is -1.92. The van der Waals surface area contributed by atoms with Crippen LogP contribution in [0.1, 0.15) is 13.8 Å². The maximum absolute atomic E-state index is 4.35. The first kappa shape index (κ1) is 19.1. The van der Waals surface area contributed by atoms with E-state index in [9.17, 15) is 0 Å². The molecule has 7 heteroatoms. The summed E-state index contributed by atoms with van der Waals surface area (Å²) in [4.78, 5) is 15.1. The fraction of sp³-hybridized carbons (Fsp3) is 0.438. The number of pyridine rings is 1. The van der Waals surface area contributed by atoms with E-state index in [0.717, 1.165) is 37.8 Å². The average Bonchev–Trinajstić information content (AvgIpc) is 2.63. The number of hydrogen-bond acceptors (Lipinski definition) is 6. The van der Waals surface area contributed by atoms with Gasteiger partial charge in [-0.15, -0.1) is 12.4 Å². The second-order valence-electron chi connectivity index (χ2n) is 4.72. The first-order valence-electron chi connectivity index (χ1n) is 7.82. The van der Waals surface area contributed by atoms with E-state index in [1.165, 1.54) is 0 Å². The standard InChI is InChI=1S/C14H18N6.C2H6.ClH/c1-3-12(9-15-4-1)19-11-13-10-16-7-8-20(13)14-17-5-2-6-18-14;1-2;/h1-6,9,13,16,19H,7-8,10-11H2;1-2H3;1H. The van der Waals surface area contributed by atoms with Crippen molar-refractivity contribution in [3.63, 3.8) is 0 Å². The molecule has 0 radical (unpaired) electrons. The number of nitrogens with one attached hydrogen (secondary N) is 2. The molecule has 1 aliphatic rings. The van der Waals surface area contributed by atoms with Crippen LogP contribution in [0.2, 0.25) is 0 Å². The highest BCUT2D eigenvalue weighted by Crippen LogP contribution is 2.13. The first-order valence-corrected chi connectivity index (χ1v) is 7.82. The maximum Gasteiger partial charge on any atom is 0.225 e. The second kappa shape index (κ2) is 10.7. The summed E-state index contributed by atoms with van der Waals surface area (Å²) in [6, 6.07) is 6.12. The SMILES string of the molecule is CC.Cl.c1cnc(N2CCNCC2CNc2cccnc2)nc1. The van der Waals surface area contributed by atoms with Crippen molar-refractivity contribution in [2.24, 2.45) is 0 Å². The summed E-state index contributed by atoms with van der Waals surface area (Å²) in [5.74, 6) is 0.798. The topological polar surface area (TPSA) is 66.0 Å². The summed E-state index contributed by atoms with van der Waals surface area (Å²) in [7, 11) is 0. The van der Waals surface area contributed by atoms with Gasteiger partial charge < -0.3 is 15.5 Å². The molecule has 1 aliphatic heterocycles. The minimum absolute atomic E-state index is 0. The number of nitrogens with zero attached hydrogens (tertiary/aromatic N) is 4. The van der Waals surface area contributed by atoms with Crippen molar-refractivity contribution < 1.29 is 0 Å². The van der Waals surface area contributed by atoms with Crippen LogP contribution in [0.4, 0.5) is 11.6 Å². The highest BCUT2D eigenvalue weighted by molar-refractivity contribution is 5.85. The molecule has 1 unspecified atom stereocenters. The van der Waals surface area contributed by atoms with Crippen LogP contribution in [0.15, 0.2) is 43.0 Å². The summed E-state index contributed by atoms with van der Waals surface area (Å²) in [5, 5.41) is 6.83. The predicted molar refractivity (Wildman–Crippen MR) is 97.4 cm³/mol. The Labute approximate surface area is 144 Å². The van der Waals surface area contributed by atoms with Gasteiger partial charge in [0.1, 0.15) is 0 Å². The molecule has 0 spiro atoms. The lowest BCUT2D eigenvalue weighted by atomic mass is 10.2. The van der Waals surface area contributed by atoms with Crippen LogP contribution in [-0.2, 0) is 0 Å². The molecular weight excluding hydrogens is 312 g/mol. The molecule has 0 aromatic carbocycles. The molecule has 6 nitrogen and oxygen atoms in total. The Morgan fingerprint density at radius 3 is 2.70 bits per heavy atom. The second-order valence-corrected chi connectivity index (χ2v) is 4.72. The molecule has 0 amide bonds. The van der Waals surface area contributed by atoms with E-state index in [1.54, 1.807) is 18.6 Å². The van der Waals surface area contributed by atoms with Crippen LogP contribution in [0, 0.1) is 0 Å². The molecule has 23 heavy (non-hydrogen) atoms. The van der Waals surface area contributed by atoms with Crippen LogP contribution >= 0.6 is 12.4 Å². The van der Waals surface area contributed by atoms with Gasteiger partial charge >= 0.3 is 0 Å². The minimum Gasteiger partial charge on any atom is -0.382 e. The third-order valence-electron chi connectivity index (χ3n) is 3.36. The van der Waals surface area contributed by atoms with Crippen molar-refractivity contribution in [1.82, 2.24) is 20.3 Å². The molecule has 2 N–H and O–H groups in total. The van der Waals surface area contributed by atoms with E-state index in [4.69, 9.17) is 0 Å². The molecule has 3 heterocycles. The number of anilines is 2. The van der Waals surface area contributed by atoms with Crippen LogP contribution in [-0.4, -0.2) is 47.2 Å². The highest BCUT2D eigenvalue weighted by atomic mass is 35.5. The predicted octanol–water partition coefficient (Wildman–Crippen LogP) is 2.21. The zero-order valence-electron chi connectivity index (χ0n) is 13.6. The molecule has 0 bridgehead atoms. The van der Waals surface area contributed by atoms with Gasteiger partial charge in [0.25, 0.3) is 0 Å². The number of rotatable bonds is 4. The van der Waals surface area contributed by atoms with Crippen molar-refractivity contribution in [1.29, 1.82) is 0 Å². The lowest BCUT2D eigenvalue weighted by Crippen LogP contribution is -2.54. The molecule has 2 aromatic rings. The van der Waals surface area contributed by atoms with Gasteiger partial charge in [-0.2, -0.15) is 0 Å². The van der Waals surface area contributed by atoms with Gasteiger partial charge in [0, 0.05) is 51.0 Å². The Bertz CT molecular complexity index is 525. The summed E-state index contributed by atoms with van der Waals surface area (Å²) >= 11 is 0. The fourth-order valence-electron chi connectivity index (χ4n) is 2.35. The van der Waals surface area contributed by atoms with E-state index in [1.807, 2.05) is 38.2 Å². The van der Waals surface area contributed by atoms with Crippen LogP contribution in [0.25, 0.3) is 0 Å². The van der Waals surface area contributed by atoms with Crippen molar-refractivity contribution >= 4 is 24.0 Å². The van der Waals surface area contributed by atoms with E-state index >= 15 is 0 Å². The Kier molecular flexibility index (Phi) is 8.94. The highest BCUT2D eigenvalue weighted by Gasteiger charge is 2.23. The van der Waals surface area contributed by atoms with Gasteiger partial charge in [-0.3, -0.25) is 4.98 Å². The average molecular weight is 337 g/mol. The van der Waals surface area contributed by atoms with Crippen molar-refractivity contribution in [2.45, 2.75) is 19.9 Å². The Morgan fingerprint density at radius 1 is 1.22 bits per heavy atom. The van der Waals surface area contributed by atoms with Crippen molar-refractivity contribution in [2.75, 3.05) is 36.4 Å². The third-order valence-corrected chi connectivity index (χ3v) is 3.36. The van der Waals surface area contributed by atoms with Gasteiger partial charge in [-0.05, 0) is 18.2 Å². The number of hydrogen-bond donors (Lipinski definition) is 2. The van der Waals surface area contributed by atoms with Gasteiger partial charge in [-0.1, -0.05) is 13.8 Å². The summed E-state index contributed by atoms with van der Waals surface area (Å²) in [6.07, 6.45) is 7.18. The van der Waals surface area contributed by atoms with Gasteiger partial charge in [0.2, 0.25) is 5.95 Å². The molecular formula is C16H25ClN6. The largest absolute Gasteiger partial charge is 0.382 e. The van der Waals surface area contributed by atoms with E-state index in [-0.39, 0.29) is 12.4 Å². The van der Waals surface area contributed by atoms with E-state index < -0.39 is 0 Å². The third kappa shape index (κ3) is 5.65. The lowest BCUT2D eigenvalue weighted by molar-refractivity contribution is 0.481. The Morgan fingerprint density at radius 2 is 2.00 bits per heavy atom. The Balaban J connectivity index is 0.000000849. The lowest BCUT2D eigenvalue weighted by Gasteiger charge is -2.36. The summed E-state index contributed by atoms with van der Waals surface area (Å²) < 4.78 is 0. The minimum atomic E-state index is 0. The number of halogens is 1. The van der Waals surface area contributed by atoms with Gasteiger partial charge in [0.15, 0.2) is 0 Å². The molecule has 1 atom stereocenters. The zero-order valence-corrected chi connectivity index (χ0v) is 14.5. The van der Waals surface area contributed by atoms with Gasteiger partial charge in [-0.25, -0.2) is 9.97 Å². The first-order chi connectivity index (χ1) is 10.9. The smallest absolute Gasteiger partial charge is 0.225 e. The van der Waals surface area contributed by atoms with Crippen molar-refractivity contribution in [3.05, 3.63) is 43.0 Å². The number of piperazine rings is 1.